The Kier molecular flexibility index (Phi) is 4.92. The Morgan fingerprint density at radius 3 is 2.85 bits per heavy atom. The summed E-state index contributed by atoms with van der Waals surface area (Å²) < 4.78 is 5.56. The number of piperazine rings is 1. The fraction of sp³-hybridized carbons (Fsp3) is 0.647. The van der Waals surface area contributed by atoms with Crippen molar-refractivity contribution in [1.29, 1.82) is 0 Å². The van der Waals surface area contributed by atoms with Crippen molar-refractivity contribution in [2.75, 3.05) is 25.1 Å². The summed E-state index contributed by atoms with van der Waals surface area (Å²) in [6.07, 6.45) is 1.21. The van der Waals surface area contributed by atoms with E-state index in [9.17, 15) is 0 Å². The van der Waals surface area contributed by atoms with Crippen LogP contribution in [-0.4, -0.2) is 32.3 Å². The Hall–Kier alpha value is -1.22. The Morgan fingerprint density at radius 2 is 2.20 bits per heavy atom. The summed E-state index contributed by atoms with van der Waals surface area (Å²) >= 11 is 0. The zero-order valence-corrected chi connectivity index (χ0v) is 13.4. The first kappa shape index (κ1) is 15.2. The highest BCUT2D eigenvalue weighted by molar-refractivity contribution is 5.61. The van der Waals surface area contributed by atoms with Crippen LogP contribution in [-0.2, 0) is 0 Å². The maximum absolute atomic E-state index is 5.56. The molecule has 0 radical (unpaired) electrons. The number of aryl methyl sites for hydroxylation is 1. The Bertz CT molecular complexity index is 447. The number of rotatable bonds is 4. The molecule has 3 heteroatoms. The summed E-state index contributed by atoms with van der Waals surface area (Å²) in [5.41, 5.74) is 2.52. The third-order valence-electron chi connectivity index (χ3n) is 4.58. The molecule has 1 N–H and O–H groups in total. The van der Waals surface area contributed by atoms with Gasteiger partial charge in [0, 0.05) is 25.2 Å². The van der Waals surface area contributed by atoms with Crippen LogP contribution in [0.1, 0.15) is 32.8 Å². The molecule has 1 heterocycles. The molecule has 0 bridgehead atoms. The van der Waals surface area contributed by atoms with Gasteiger partial charge in [0.25, 0.3) is 0 Å². The van der Waals surface area contributed by atoms with Crippen LogP contribution in [0.15, 0.2) is 18.2 Å². The first-order valence-electron chi connectivity index (χ1n) is 7.71. The van der Waals surface area contributed by atoms with Crippen molar-refractivity contribution < 1.29 is 4.74 Å². The van der Waals surface area contributed by atoms with Gasteiger partial charge >= 0.3 is 0 Å². The number of hydrogen-bond acceptors (Lipinski definition) is 3. The third-order valence-corrected chi connectivity index (χ3v) is 4.58. The van der Waals surface area contributed by atoms with Crippen molar-refractivity contribution in [3.63, 3.8) is 0 Å². The molecule has 0 spiro atoms. The van der Waals surface area contributed by atoms with E-state index >= 15 is 0 Å². The van der Waals surface area contributed by atoms with Crippen molar-refractivity contribution in [1.82, 2.24) is 5.32 Å². The van der Waals surface area contributed by atoms with E-state index in [1.165, 1.54) is 17.7 Å². The quantitative estimate of drug-likeness (QED) is 0.914. The summed E-state index contributed by atoms with van der Waals surface area (Å²) in [7, 11) is 1.76. The molecule has 1 aliphatic heterocycles. The van der Waals surface area contributed by atoms with Crippen LogP contribution < -0.4 is 15.0 Å². The van der Waals surface area contributed by atoms with Gasteiger partial charge in [0.05, 0.1) is 12.8 Å². The number of anilines is 1. The van der Waals surface area contributed by atoms with E-state index in [2.05, 4.69) is 56.1 Å². The average Bonchev–Trinajstić information content (AvgIpc) is 2.47. The molecule has 0 amide bonds. The summed E-state index contributed by atoms with van der Waals surface area (Å²) in [4.78, 5) is 2.50. The van der Waals surface area contributed by atoms with Gasteiger partial charge in [-0.1, -0.05) is 26.3 Å². The van der Waals surface area contributed by atoms with Gasteiger partial charge in [0.15, 0.2) is 0 Å². The number of ether oxygens (including phenoxy) is 1. The molecule has 1 fully saturated rings. The Balaban J connectivity index is 2.27. The SMILES string of the molecule is CCC(C)C1CN(c2cc(C)ccc2OC)C(C)CN1. The largest absolute Gasteiger partial charge is 0.495 e. The van der Waals surface area contributed by atoms with Crippen molar-refractivity contribution in [3.05, 3.63) is 23.8 Å². The molecular weight excluding hydrogens is 248 g/mol. The van der Waals surface area contributed by atoms with Crippen LogP contribution in [0.4, 0.5) is 5.69 Å². The number of hydrogen-bond donors (Lipinski definition) is 1. The van der Waals surface area contributed by atoms with Crippen molar-refractivity contribution in [3.8, 4) is 5.75 Å². The molecule has 20 heavy (non-hydrogen) atoms. The van der Waals surface area contributed by atoms with E-state index in [0.717, 1.165) is 18.8 Å². The van der Waals surface area contributed by atoms with Gasteiger partial charge in [-0.05, 0) is 37.5 Å². The molecular formula is C17H28N2O. The molecule has 1 aromatic rings. The number of benzene rings is 1. The number of methoxy groups -OCH3 is 1. The standard InChI is InChI=1S/C17H28N2O/c1-6-13(3)15-11-19(14(4)10-18-15)16-9-12(2)7-8-17(16)20-5/h7-9,13-15,18H,6,10-11H2,1-5H3. The van der Waals surface area contributed by atoms with Crippen LogP contribution in [0.25, 0.3) is 0 Å². The van der Waals surface area contributed by atoms with Gasteiger partial charge < -0.3 is 15.0 Å². The van der Waals surface area contributed by atoms with Crippen LogP contribution in [0, 0.1) is 12.8 Å². The maximum Gasteiger partial charge on any atom is 0.142 e. The van der Waals surface area contributed by atoms with Crippen LogP contribution in [0.3, 0.4) is 0 Å². The zero-order chi connectivity index (χ0) is 14.7. The lowest BCUT2D eigenvalue weighted by molar-refractivity contribution is 0.313. The molecule has 3 atom stereocenters. The molecule has 112 valence electrons. The molecule has 3 unspecified atom stereocenters. The predicted octanol–water partition coefficient (Wildman–Crippen LogP) is 3.22. The van der Waals surface area contributed by atoms with Gasteiger partial charge in [-0.3, -0.25) is 0 Å². The molecule has 1 aliphatic rings. The Morgan fingerprint density at radius 1 is 1.45 bits per heavy atom. The van der Waals surface area contributed by atoms with Crippen molar-refractivity contribution in [2.24, 2.45) is 5.92 Å². The molecule has 1 saturated heterocycles. The highest BCUT2D eigenvalue weighted by Crippen LogP contribution is 2.32. The van der Waals surface area contributed by atoms with E-state index in [1.807, 2.05) is 0 Å². The van der Waals surface area contributed by atoms with Gasteiger partial charge in [0.2, 0.25) is 0 Å². The average molecular weight is 276 g/mol. The molecule has 1 aromatic carbocycles. The second kappa shape index (κ2) is 6.49. The van der Waals surface area contributed by atoms with Crippen LogP contribution in [0.2, 0.25) is 0 Å². The molecule has 3 nitrogen and oxygen atoms in total. The van der Waals surface area contributed by atoms with E-state index in [4.69, 9.17) is 4.74 Å². The summed E-state index contributed by atoms with van der Waals surface area (Å²) in [5, 5.41) is 3.69. The first-order chi connectivity index (χ1) is 9.56. The minimum atomic E-state index is 0.492. The van der Waals surface area contributed by atoms with Crippen LogP contribution in [0.5, 0.6) is 5.75 Å². The van der Waals surface area contributed by atoms with Gasteiger partial charge in [0.1, 0.15) is 5.75 Å². The van der Waals surface area contributed by atoms with Gasteiger partial charge in [-0.2, -0.15) is 0 Å². The minimum absolute atomic E-state index is 0.492. The fourth-order valence-electron chi connectivity index (χ4n) is 2.91. The van der Waals surface area contributed by atoms with Gasteiger partial charge in [-0.15, -0.1) is 0 Å². The van der Waals surface area contributed by atoms with Crippen LogP contribution >= 0.6 is 0 Å². The third kappa shape index (κ3) is 3.09. The molecule has 2 rings (SSSR count). The number of nitrogens with zero attached hydrogens (tertiary/aromatic N) is 1. The monoisotopic (exact) mass is 276 g/mol. The summed E-state index contributed by atoms with van der Waals surface area (Å²) in [6, 6.07) is 7.49. The topological polar surface area (TPSA) is 24.5 Å². The molecule has 0 aromatic heterocycles. The van der Waals surface area contributed by atoms with E-state index in [0.29, 0.717) is 18.0 Å². The minimum Gasteiger partial charge on any atom is -0.495 e. The first-order valence-corrected chi connectivity index (χ1v) is 7.71. The van der Waals surface area contributed by atoms with E-state index in [1.54, 1.807) is 7.11 Å². The lowest BCUT2D eigenvalue weighted by atomic mass is 9.95. The highest BCUT2D eigenvalue weighted by atomic mass is 16.5. The second-order valence-corrected chi connectivity index (χ2v) is 6.08. The molecule has 0 saturated carbocycles. The lowest BCUT2D eigenvalue weighted by Gasteiger charge is -2.42. The van der Waals surface area contributed by atoms with Crippen molar-refractivity contribution >= 4 is 5.69 Å². The van der Waals surface area contributed by atoms with E-state index in [-0.39, 0.29) is 0 Å². The predicted molar refractivity (Wildman–Crippen MR) is 85.8 cm³/mol. The lowest BCUT2D eigenvalue weighted by Crippen LogP contribution is -2.57. The molecule has 0 aliphatic carbocycles. The van der Waals surface area contributed by atoms with E-state index < -0.39 is 0 Å². The number of nitrogens with one attached hydrogen (secondary N) is 1. The zero-order valence-electron chi connectivity index (χ0n) is 13.4. The normalized spacial score (nSPS) is 24.6. The Labute approximate surface area is 123 Å². The van der Waals surface area contributed by atoms with Gasteiger partial charge in [-0.25, -0.2) is 0 Å². The smallest absolute Gasteiger partial charge is 0.142 e. The summed E-state index contributed by atoms with van der Waals surface area (Å²) in [5.74, 6) is 1.67. The highest BCUT2D eigenvalue weighted by Gasteiger charge is 2.29. The maximum atomic E-state index is 5.56. The fourth-order valence-corrected chi connectivity index (χ4v) is 2.91. The summed E-state index contributed by atoms with van der Waals surface area (Å²) in [6.45, 7) is 11.1. The van der Waals surface area contributed by atoms with Crippen molar-refractivity contribution in [2.45, 2.75) is 46.2 Å². The second-order valence-electron chi connectivity index (χ2n) is 6.08.